The first-order valence-corrected chi connectivity index (χ1v) is 34.1. The van der Waals surface area contributed by atoms with Gasteiger partial charge in [-0.05, 0) is 117 Å². The van der Waals surface area contributed by atoms with Crippen LogP contribution in [0.4, 0.5) is 0 Å². The zero-order valence-electron chi connectivity index (χ0n) is 55.6. The Morgan fingerprint density at radius 3 is 1.60 bits per heavy atom. The summed E-state index contributed by atoms with van der Waals surface area (Å²) in [6.07, 6.45) is -40.9. The van der Waals surface area contributed by atoms with Crippen molar-refractivity contribution in [2.45, 2.75) is 304 Å². The van der Waals surface area contributed by atoms with Gasteiger partial charge in [0.1, 0.15) is 128 Å². The van der Waals surface area contributed by atoms with Crippen molar-refractivity contribution in [3.05, 3.63) is 11.6 Å². The minimum atomic E-state index is -2.01. The highest BCUT2D eigenvalue weighted by Crippen LogP contribution is 2.76. The van der Waals surface area contributed by atoms with Crippen LogP contribution >= 0.6 is 0 Å². The zero-order valence-corrected chi connectivity index (χ0v) is 55.6. The standard InChI is InChI=1S/C65H106O31/c1-25-36(69)41(74)47(80)54(87-25)94-51-32(23-85-53-46(79)43(76)38(71)29(20-66)89-53)92-57(50(83)45(51)78)96-59(84)65-17-15-60(3,4)19-28(65)27-9-10-34-61(5)13-12-35(62(6,24-68)33(61)11-14-64(34,8)63(27,7)16-18-65)93-58-52(95-55-48(81)42(75)37(70)26(2)88-55)40(73)31(22-86-58)91-56-49(82)44(77)39(72)30(21-67)90-56/h9,25-26,28-58,66-83H,10-24H2,1-8H3/t25-,26-,28-,29+,30+,31-,32+,33+,34+,35-,36-,37-,38+,39+,40-,41+,42+,43-,44-,45+,46+,47+,48+,49+,50+,51+,52+,53+,54-,55-,56-,57-,58-,61+,62+,63-,64-,65+/m0/s1. The van der Waals surface area contributed by atoms with E-state index in [4.69, 9.17) is 56.8 Å². The Balaban J connectivity index is 0.830. The van der Waals surface area contributed by atoms with Crippen molar-refractivity contribution >= 4 is 5.97 Å². The van der Waals surface area contributed by atoms with E-state index < -0.39 is 238 Å². The van der Waals surface area contributed by atoms with Crippen molar-refractivity contribution in [3.8, 4) is 0 Å². The van der Waals surface area contributed by atoms with E-state index in [0.717, 1.165) is 5.57 Å². The van der Waals surface area contributed by atoms with Crippen LogP contribution in [0.3, 0.4) is 0 Å². The summed E-state index contributed by atoms with van der Waals surface area (Å²) in [4.78, 5) is 15.6. The van der Waals surface area contributed by atoms with Gasteiger partial charge in [-0.15, -0.1) is 0 Å². The van der Waals surface area contributed by atoms with Crippen LogP contribution in [-0.4, -0.2) is 315 Å². The number of rotatable bonds is 16. The van der Waals surface area contributed by atoms with Crippen molar-refractivity contribution in [1.82, 2.24) is 0 Å². The maximum absolute atomic E-state index is 15.6. The summed E-state index contributed by atoms with van der Waals surface area (Å²) in [5, 5.41) is 196. The summed E-state index contributed by atoms with van der Waals surface area (Å²) in [5.74, 6) is -1.20. The lowest BCUT2D eigenvalue weighted by molar-refractivity contribution is -0.381. The molecule has 10 fully saturated rings. The van der Waals surface area contributed by atoms with E-state index >= 15 is 4.79 Å². The van der Waals surface area contributed by atoms with Gasteiger partial charge in [0.05, 0.1) is 56.8 Å². The molecule has 18 N–H and O–H groups in total. The normalized spacial score (nSPS) is 55.1. The van der Waals surface area contributed by atoms with Gasteiger partial charge in [0.25, 0.3) is 0 Å². The maximum atomic E-state index is 15.6. The second kappa shape index (κ2) is 28.3. The summed E-state index contributed by atoms with van der Waals surface area (Å²) < 4.78 is 72.6. The Morgan fingerprint density at radius 1 is 0.500 bits per heavy atom. The molecule has 96 heavy (non-hydrogen) atoms. The zero-order chi connectivity index (χ0) is 70.0. The minimum Gasteiger partial charge on any atom is -0.432 e. The predicted octanol–water partition coefficient (Wildman–Crippen LogP) is -4.72. The molecule has 6 saturated heterocycles. The molecule has 5 aliphatic carbocycles. The van der Waals surface area contributed by atoms with E-state index in [1.807, 2.05) is 6.92 Å². The number of hydrogen-bond acceptors (Lipinski definition) is 31. The molecule has 0 radical (unpaired) electrons. The van der Waals surface area contributed by atoms with E-state index in [9.17, 15) is 91.9 Å². The van der Waals surface area contributed by atoms with Crippen molar-refractivity contribution in [1.29, 1.82) is 0 Å². The summed E-state index contributed by atoms with van der Waals surface area (Å²) in [5.41, 5.74) is -2.57. The van der Waals surface area contributed by atoms with Crippen LogP contribution in [0.2, 0.25) is 0 Å². The van der Waals surface area contributed by atoms with Gasteiger partial charge in [-0.2, -0.15) is 0 Å². The third-order valence-corrected chi connectivity index (χ3v) is 25.3. The van der Waals surface area contributed by atoms with Gasteiger partial charge in [-0.1, -0.05) is 53.2 Å². The number of aliphatic hydroxyl groups is 18. The number of hydrogen-bond donors (Lipinski definition) is 18. The number of carbonyl (C=O) groups is 1. The Bertz CT molecular complexity index is 2690. The summed E-state index contributed by atoms with van der Waals surface area (Å²) in [7, 11) is 0. The molecule has 552 valence electrons. The lowest BCUT2D eigenvalue weighted by Gasteiger charge is -2.71. The molecule has 38 atom stereocenters. The first-order chi connectivity index (χ1) is 45.1. The van der Waals surface area contributed by atoms with Gasteiger partial charge < -0.3 is 149 Å². The molecule has 0 bridgehead atoms. The fourth-order valence-corrected chi connectivity index (χ4v) is 19.0. The Kier molecular flexibility index (Phi) is 22.1. The average Bonchev–Trinajstić information content (AvgIpc) is 0.675. The largest absolute Gasteiger partial charge is 0.432 e. The van der Waals surface area contributed by atoms with Crippen LogP contribution in [0.5, 0.6) is 0 Å². The highest BCUT2D eigenvalue weighted by atomic mass is 16.8. The smallest absolute Gasteiger partial charge is 0.315 e. The molecule has 0 aromatic rings. The SMILES string of the molecule is C[C@@H]1O[C@@H](O[C@H]2[C@H](O[C@H]3CC[C@]4(C)[C@@H](CC[C@@]5(C)[C@@H]4CC=C4[C@@H]6CC(C)(C)CC[C@@]6(C(=O)O[C@@H]6O[C@H](CO[C@@H]7O[C@H](CO)[C@@H](O)[C@H](O)[C@H]7O)[C@@H](O[C@@H]7O[C@@H](C)[C@H](O)[C@@H](O)[C@H]7O)[C@H](O)[C@H]6O)CC[C@@]45C)[C@@]3(C)CO)OC[C@H](O[C@@H]3O[C@H](CO)[C@@H](O)[C@H](O)[C@H]3O)[C@@H]2O)[C@H](O)[C@H](O)[C@H]1O. The molecular weight excluding hydrogens is 1280 g/mol. The van der Waals surface area contributed by atoms with Crippen LogP contribution in [-0.2, 0) is 61.6 Å². The lowest BCUT2D eigenvalue weighted by Crippen LogP contribution is -2.67. The molecule has 31 heteroatoms. The second-order valence-electron chi connectivity index (χ2n) is 31.3. The summed E-state index contributed by atoms with van der Waals surface area (Å²) >= 11 is 0. The van der Waals surface area contributed by atoms with Crippen molar-refractivity contribution in [3.63, 3.8) is 0 Å². The topological polar surface area (TPSA) is 492 Å². The molecule has 6 aliphatic heterocycles. The molecule has 0 aromatic carbocycles. The molecule has 0 unspecified atom stereocenters. The molecule has 31 nitrogen and oxygen atoms in total. The van der Waals surface area contributed by atoms with Crippen LogP contribution < -0.4 is 0 Å². The minimum absolute atomic E-state index is 0.0273. The van der Waals surface area contributed by atoms with E-state index in [0.29, 0.717) is 64.2 Å². The van der Waals surface area contributed by atoms with Crippen molar-refractivity contribution < 1.29 is 154 Å². The van der Waals surface area contributed by atoms with Gasteiger partial charge in [0.15, 0.2) is 31.5 Å². The molecule has 0 amide bonds. The summed E-state index contributed by atoms with van der Waals surface area (Å²) in [6.45, 7) is 13.1. The van der Waals surface area contributed by atoms with Gasteiger partial charge in [-0.3, -0.25) is 4.79 Å². The quantitative estimate of drug-likeness (QED) is 0.0392. The Hall–Kier alpha value is -1.95. The first kappa shape index (κ1) is 75.2. The third kappa shape index (κ3) is 12.8. The number of carbonyl (C=O) groups excluding carboxylic acids is 1. The molecule has 11 rings (SSSR count). The van der Waals surface area contributed by atoms with Crippen LogP contribution in [0.25, 0.3) is 0 Å². The number of esters is 1. The van der Waals surface area contributed by atoms with Crippen molar-refractivity contribution in [2.24, 2.45) is 50.2 Å². The van der Waals surface area contributed by atoms with E-state index in [1.165, 1.54) is 13.8 Å². The van der Waals surface area contributed by atoms with Crippen molar-refractivity contribution in [2.75, 3.05) is 33.0 Å². The van der Waals surface area contributed by atoms with Gasteiger partial charge in [0, 0.05) is 5.41 Å². The Morgan fingerprint density at radius 2 is 1.02 bits per heavy atom. The van der Waals surface area contributed by atoms with Crippen LogP contribution in [0.1, 0.15) is 120 Å². The predicted molar refractivity (Wildman–Crippen MR) is 321 cm³/mol. The third-order valence-electron chi connectivity index (χ3n) is 25.3. The average molecular weight is 1380 g/mol. The Labute approximate surface area is 556 Å². The van der Waals surface area contributed by atoms with E-state index in [-0.39, 0.29) is 35.2 Å². The highest BCUT2D eigenvalue weighted by molar-refractivity contribution is 5.79. The molecule has 0 spiro atoms. The van der Waals surface area contributed by atoms with Gasteiger partial charge in [-0.25, -0.2) is 0 Å². The molecular formula is C65H106O31. The number of ether oxygens (including phenoxy) is 12. The van der Waals surface area contributed by atoms with Crippen LogP contribution in [0.15, 0.2) is 11.6 Å². The van der Waals surface area contributed by atoms with Gasteiger partial charge in [0.2, 0.25) is 6.29 Å². The molecule has 6 heterocycles. The highest BCUT2D eigenvalue weighted by Gasteiger charge is 2.71. The molecule has 11 aliphatic rings. The summed E-state index contributed by atoms with van der Waals surface area (Å²) in [6, 6.07) is 0. The maximum Gasteiger partial charge on any atom is 0.315 e. The fourth-order valence-electron chi connectivity index (χ4n) is 19.0. The van der Waals surface area contributed by atoms with Gasteiger partial charge >= 0.3 is 5.97 Å². The van der Waals surface area contributed by atoms with E-state index in [2.05, 4.69) is 40.7 Å². The van der Waals surface area contributed by atoms with E-state index in [1.54, 1.807) is 0 Å². The molecule has 0 aromatic heterocycles. The number of fused-ring (bicyclic) bond motifs is 7. The monoisotopic (exact) mass is 1380 g/mol. The molecule has 4 saturated carbocycles. The lowest BCUT2D eigenvalue weighted by atomic mass is 9.33. The second-order valence-corrected chi connectivity index (χ2v) is 31.3. The van der Waals surface area contributed by atoms with Crippen LogP contribution in [0, 0.1) is 50.2 Å². The number of allylic oxidation sites excluding steroid dienone is 2. The first-order valence-electron chi connectivity index (χ1n) is 34.1. The number of aliphatic hydroxyl groups excluding tert-OH is 18. The fraction of sp³-hybridized carbons (Fsp3) is 0.954.